The molecule has 8 heavy (non-hydrogen) atoms. The highest BCUT2D eigenvalue weighted by Crippen LogP contribution is 2.83. The molecule has 0 spiro atoms. The monoisotopic (exact) mass is 221 g/mol. The van der Waals surface area contributed by atoms with Crippen LogP contribution in [0.1, 0.15) is 0 Å². The lowest BCUT2D eigenvalue weighted by Crippen LogP contribution is -2.16. The Morgan fingerprint density at radius 1 is 1.75 bits per heavy atom. The van der Waals surface area contributed by atoms with Crippen LogP contribution in [0.3, 0.4) is 0 Å². The van der Waals surface area contributed by atoms with Crippen molar-refractivity contribution in [3.05, 3.63) is 0 Å². The molecule has 4 rings (SSSR count). The van der Waals surface area contributed by atoms with E-state index in [0.29, 0.717) is 0 Å². The summed E-state index contributed by atoms with van der Waals surface area (Å²) in [6.45, 7) is 1.39. The highest BCUT2D eigenvalue weighted by Gasteiger charge is 2.90. The molecule has 0 aromatic rings. The van der Waals surface area contributed by atoms with E-state index in [4.69, 9.17) is 0 Å². The number of hydrogen-bond donors (Lipinski definition) is 0. The summed E-state index contributed by atoms with van der Waals surface area (Å²) >= 11 is 2.65. The zero-order valence-electron chi connectivity index (χ0n) is 4.76. The van der Waals surface area contributed by atoms with Crippen LogP contribution in [-0.2, 0) is 0 Å². The first-order valence-corrected chi connectivity index (χ1v) is 4.23. The third-order valence-corrected chi connectivity index (χ3v) is 5.20. The molecule has 0 radical (unpaired) electrons. The molecule has 44 valence electrons. The Morgan fingerprint density at radius 3 is 2.50 bits per heavy atom. The molecule has 0 aromatic carbocycles. The lowest BCUT2D eigenvalue weighted by molar-refractivity contribution is 0.398. The number of alkyl halides is 1. The third kappa shape index (κ3) is 0.230. The molecule has 4 atom stereocenters. The number of fused-ring (bicyclic) bond motifs is 1. The zero-order valence-corrected chi connectivity index (χ0v) is 6.92. The Labute approximate surface area is 62.6 Å². The zero-order chi connectivity index (χ0) is 5.52. The highest BCUT2D eigenvalue weighted by molar-refractivity contribution is 14.1. The van der Waals surface area contributed by atoms with Gasteiger partial charge < -0.3 is 4.90 Å². The molecule has 4 fully saturated rings. The van der Waals surface area contributed by atoms with Gasteiger partial charge in [-0.3, -0.25) is 0 Å². The van der Waals surface area contributed by atoms with Gasteiger partial charge in [0.15, 0.2) is 0 Å². The second kappa shape index (κ2) is 0.888. The SMILES string of the molecule is CN1CC2C3C1C23I. The van der Waals surface area contributed by atoms with Gasteiger partial charge in [0, 0.05) is 16.0 Å². The fourth-order valence-electron chi connectivity index (χ4n) is 2.47. The molecule has 2 saturated heterocycles. The second-order valence-electron chi connectivity index (χ2n) is 3.34. The number of rotatable bonds is 0. The second-order valence-corrected chi connectivity index (χ2v) is 5.21. The largest absolute Gasteiger partial charge is 0.301 e. The average molecular weight is 221 g/mol. The molecular formula is C6H8IN. The van der Waals surface area contributed by atoms with Crippen LogP contribution in [0.5, 0.6) is 0 Å². The van der Waals surface area contributed by atoms with E-state index in [0.717, 1.165) is 21.3 Å². The van der Waals surface area contributed by atoms with Crippen molar-refractivity contribution in [1.29, 1.82) is 0 Å². The maximum Gasteiger partial charge on any atom is 0.0471 e. The Kier molecular flexibility index (Phi) is 0.499. The summed E-state index contributed by atoms with van der Waals surface area (Å²) in [5.74, 6) is 2.24. The molecule has 0 amide bonds. The van der Waals surface area contributed by atoms with Crippen LogP contribution in [-0.4, -0.2) is 28.0 Å². The Balaban J connectivity index is 2.06. The van der Waals surface area contributed by atoms with Crippen LogP contribution in [0.4, 0.5) is 0 Å². The summed E-state index contributed by atoms with van der Waals surface area (Å²) in [7, 11) is 2.26. The van der Waals surface area contributed by atoms with Crippen LogP contribution < -0.4 is 0 Å². The summed E-state index contributed by atoms with van der Waals surface area (Å²) in [4.78, 5) is 2.52. The van der Waals surface area contributed by atoms with Crippen molar-refractivity contribution in [2.24, 2.45) is 11.8 Å². The van der Waals surface area contributed by atoms with Gasteiger partial charge in [0.05, 0.1) is 0 Å². The van der Waals surface area contributed by atoms with Gasteiger partial charge in [-0.2, -0.15) is 0 Å². The normalized spacial score (nSPS) is 75.0. The van der Waals surface area contributed by atoms with E-state index in [9.17, 15) is 0 Å². The van der Waals surface area contributed by atoms with Gasteiger partial charge in [-0.25, -0.2) is 0 Å². The minimum absolute atomic E-state index is 0.812. The fourth-order valence-corrected chi connectivity index (χ4v) is 4.33. The molecule has 2 saturated carbocycles. The van der Waals surface area contributed by atoms with Crippen LogP contribution in [0.25, 0.3) is 0 Å². The molecule has 0 N–H and O–H groups in total. The first-order valence-electron chi connectivity index (χ1n) is 3.15. The van der Waals surface area contributed by atoms with Crippen molar-refractivity contribution in [2.75, 3.05) is 13.6 Å². The lowest BCUT2D eigenvalue weighted by Gasteiger charge is -2.04. The molecule has 1 nitrogen and oxygen atoms in total. The van der Waals surface area contributed by atoms with Crippen molar-refractivity contribution in [3.8, 4) is 0 Å². The van der Waals surface area contributed by atoms with E-state index in [1.807, 2.05) is 0 Å². The summed E-state index contributed by atoms with van der Waals surface area (Å²) < 4.78 is 0.812. The molecule has 2 heteroatoms. The smallest absolute Gasteiger partial charge is 0.0471 e. The van der Waals surface area contributed by atoms with E-state index >= 15 is 0 Å². The van der Waals surface area contributed by atoms with Crippen LogP contribution in [0.2, 0.25) is 0 Å². The molecule has 0 aromatic heterocycles. The Hall–Kier alpha value is 0.690. The van der Waals surface area contributed by atoms with Gasteiger partial charge in [-0.05, 0) is 18.9 Å². The molecular weight excluding hydrogens is 213 g/mol. The van der Waals surface area contributed by atoms with Crippen molar-refractivity contribution in [1.82, 2.24) is 4.90 Å². The molecule has 2 bridgehead atoms. The van der Waals surface area contributed by atoms with E-state index < -0.39 is 0 Å². The summed E-state index contributed by atoms with van der Waals surface area (Å²) in [6.07, 6.45) is 0. The number of hydrogen-bond acceptors (Lipinski definition) is 1. The van der Waals surface area contributed by atoms with Gasteiger partial charge in [0.2, 0.25) is 0 Å². The topological polar surface area (TPSA) is 3.24 Å². The Bertz CT molecular complexity index is 162. The van der Waals surface area contributed by atoms with Crippen molar-refractivity contribution < 1.29 is 0 Å². The van der Waals surface area contributed by atoms with E-state index in [-0.39, 0.29) is 0 Å². The van der Waals surface area contributed by atoms with Crippen molar-refractivity contribution >= 4 is 22.6 Å². The van der Waals surface area contributed by atoms with Crippen LogP contribution in [0, 0.1) is 11.8 Å². The third-order valence-electron chi connectivity index (χ3n) is 3.05. The summed E-state index contributed by atoms with van der Waals surface area (Å²) in [5, 5.41) is 0. The van der Waals surface area contributed by atoms with Gasteiger partial charge >= 0.3 is 0 Å². The minimum Gasteiger partial charge on any atom is -0.301 e. The maximum absolute atomic E-state index is 2.65. The molecule has 2 aliphatic heterocycles. The Morgan fingerprint density at radius 2 is 2.38 bits per heavy atom. The van der Waals surface area contributed by atoms with Gasteiger partial charge in [-0.1, -0.05) is 22.6 Å². The predicted molar refractivity (Wildman–Crippen MR) is 40.1 cm³/mol. The van der Waals surface area contributed by atoms with Gasteiger partial charge in [0.1, 0.15) is 0 Å². The lowest BCUT2D eigenvalue weighted by atomic mass is 10.2. The quantitative estimate of drug-likeness (QED) is 0.430. The number of nitrogens with zero attached hydrogens (tertiary/aromatic N) is 1. The molecule has 4 unspecified atom stereocenters. The first kappa shape index (κ1) is 4.50. The van der Waals surface area contributed by atoms with Crippen molar-refractivity contribution in [3.63, 3.8) is 0 Å². The maximum atomic E-state index is 2.65. The number of halogens is 1. The van der Waals surface area contributed by atoms with E-state index in [2.05, 4.69) is 34.5 Å². The molecule has 4 aliphatic rings. The standard InChI is InChI=1S/C6H8IN/c1-8-2-3-4-5(8)6(3,4)7/h3-5H,2H2,1H3. The van der Waals surface area contributed by atoms with Gasteiger partial charge in [0.25, 0.3) is 0 Å². The molecule has 2 heterocycles. The van der Waals surface area contributed by atoms with E-state index in [1.165, 1.54) is 6.54 Å². The predicted octanol–water partition coefficient (Wildman–Crippen LogP) is 0.734. The highest BCUT2D eigenvalue weighted by atomic mass is 127. The fraction of sp³-hybridized carbons (Fsp3) is 1.00. The van der Waals surface area contributed by atoms with Crippen molar-refractivity contribution in [2.45, 2.75) is 9.46 Å². The molecule has 2 aliphatic carbocycles. The van der Waals surface area contributed by atoms with Crippen LogP contribution >= 0.6 is 22.6 Å². The average Bonchev–Trinajstić information content (AvgIpc) is 2.26. The van der Waals surface area contributed by atoms with Gasteiger partial charge in [-0.15, -0.1) is 0 Å². The summed E-state index contributed by atoms with van der Waals surface area (Å²) in [6, 6.07) is 1.01. The number of piperidine rings is 1. The minimum atomic E-state index is 0.812. The van der Waals surface area contributed by atoms with Crippen LogP contribution in [0.15, 0.2) is 0 Å². The van der Waals surface area contributed by atoms with E-state index in [1.54, 1.807) is 0 Å². The first-order chi connectivity index (χ1) is 3.76. The summed E-state index contributed by atoms with van der Waals surface area (Å²) in [5.41, 5.74) is 0.